The number of ether oxygens (including phenoxy) is 1. The van der Waals surface area contributed by atoms with Gasteiger partial charge in [-0.3, -0.25) is 4.79 Å². The molecule has 96 valence electrons. The summed E-state index contributed by atoms with van der Waals surface area (Å²) in [5.74, 6) is 5.59. The lowest BCUT2D eigenvalue weighted by atomic mass is 10.1. The number of hydrogen-bond acceptors (Lipinski definition) is 3. The van der Waals surface area contributed by atoms with E-state index in [-0.39, 0.29) is 5.91 Å². The zero-order chi connectivity index (χ0) is 13.4. The lowest BCUT2D eigenvalue weighted by Gasteiger charge is -2.06. The molecule has 1 aromatic rings. The van der Waals surface area contributed by atoms with Gasteiger partial charge in [0.05, 0.1) is 13.2 Å². The van der Waals surface area contributed by atoms with Crippen LogP contribution in [0.5, 0.6) is 0 Å². The van der Waals surface area contributed by atoms with Gasteiger partial charge in [0.15, 0.2) is 0 Å². The fourth-order valence-electron chi connectivity index (χ4n) is 1.51. The molecule has 0 bridgehead atoms. The van der Waals surface area contributed by atoms with Gasteiger partial charge >= 0.3 is 0 Å². The fraction of sp³-hybridized carbons (Fsp3) is 0.357. The third kappa shape index (κ3) is 4.58. The molecule has 0 spiro atoms. The number of methoxy groups -OCH3 is 1. The number of aryl methyl sites for hydroxylation is 1. The van der Waals surface area contributed by atoms with Gasteiger partial charge in [0.25, 0.3) is 5.91 Å². The second-order valence-corrected chi connectivity index (χ2v) is 3.84. The van der Waals surface area contributed by atoms with Crippen molar-refractivity contribution in [3.63, 3.8) is 0 Å². The first-order valence-electron chi connectivity index (χ1n) is 5.75. The molecule has 0 saturated carbocycles. The van der Waals surface area contributed by atoms with E-state index in [1.807, 2.05) is 19.1 Å². The van der Waals surface area contributed by atoms with Crippen LogP contribution in [0.1, 0.15) is 21.5 Å². The van der Waals surface area contributed by atoms with E-state index >= 15 is 0 Å². The van der Waals surface area contributed by atoms with Gasteiger partial charge in [-0.25, -0.2) is 0 Å². The van der Waals surface area contributed by atoms with Gasteiger partial charge in [-0.1, -0.05) is 11.8 Å². The second kappa shape index (κ2) is 7.49. The predicted molar refractivity (Wildman–Crippen MR) is 71.3 cm³/mol. The largest absolute Gasteiger partial charge is 0.383 e. The molecule has 0 fully saturated rings. The summed E-state index contributed by atoms with van der Waals surface area (Å²) in [6.45, 7) is 3.23. The fourth-order valence-corrected chi connectivity index (χ4v) is 1.51. The molecular weight excluding hydrogens is 228 g/mol. The van der Waals surface area contributed by atoms with E-state index in [4.69, 9.17) is 10.5 Å². The number of rotatable bonds is 4. The first kappa shape index (κ1) is 14.2. The van der Waals surface area contributed by atoms with E-state index < -0.39 is 0 Å². The zero-order valence-electron chi connectivity index (χ0n) is 10.7. The van der Waals surface area contributed by atoms with Crippen molar-refractivity contribution in [1.29, 1.82) is 0 Å². The Hall–Kier alpha value is -1.83. The maximum absolute atomic E-state index is 11.9. The molecule has 0 radical (unpaired) electrons. The first-order valence-corrected chi connectivity index (χ1v) is 5.75. The quantitative estimate of drug-likeness (QED) is 0.606. The maximum Gasteiger partial charge on any atom is 0.251 e. The number of amides is 1. The highest BCUT2D eigenvalue weighted by atomic mass is 16.5. The normalized spacial score (nSPS) is 9.50. The van der Waals surface area contributed by atoms with E-state index in [0.29, 0.717) is 25.3 Å². The predicted octanol–water partition coefficient (Wildman–Crippen LogP) is 0.681. The van der Waals surface area contributed by atoms with Crippen LogP contribution in [0, 0.1) is 18.8 Å². The molecule has 3 N–H and O–H groups in total. The van der Waals surface area contributed by atoms with Crippen LogP contribution in [0.3, 0.4) is 0 Å². The van der Waals surface area contributed by atoms with Crippen molar-refractivity contribution >= 4 is 5.91 Å². The van der Waals surface area contributed by atoms with Crippen LogP contribution in [-0.4, -0.2) is 32.7 Å². The minimum absolute atomic E-state index is 0.119. The van der Waals surface area contributed by atoms with Gasteiger partial charge in [-0.15, -0.1) is 0 Å². The Morgan fingerprint density at radius 2 is 2.22 bits per heavy atom. The summed E-state index contributed by atoms with van der Waals surface area (Å²) in [4.78, 5) is 11.9. The van der Waals surface area contributed by atoms with E-state index in [2.05, 4.69) is 17.2 Å². The summed E-state index contributed by atoms with van der Waals surface area (Å²) in [5, 5.41) is 2.77. The van der Waals surface area contributed by atoms with Crippen molar-refractivity contribution < 1.29 is 9.53 Å². The Balaban J connectivity index is 2.81. The van der Waals surface area contributed by atoms with E-state index in [1.54, 1.807) is 13.2 Å². The van der Waals surface area contributed by atoms with Crippen molar-refractivity contribution in [2.75, 3.05) is 26.8 Å². The standard InChI is InChI=1S/C14H18N2O2/c1-11-8-12(4-3-5-15)10-13(9-11)14(17)16-6-7-18-2/h8-10H,5-7,15H2,1-2H3,(H,16,17). The molecule has 18 heavy (non-hydrogen) atoms. The summed E-state index contributed by atoms with van der Waals surface area (Å²) >= 11 is 0. The molecule has 4 nitrogen and oxygen atoms in total. The second-order valence-electron chi connectivity index (χ2n) is 3.84. The summed E-state index contributed by atoms with van der Waals surface area (Å²) in [5.41, 5.74) is 7.73. The Kier molecular flexibility index (Phi) is 5.92. The minimum Gasteiger partial charge on any atom is -0.383 e. The van der Waals surface area contributed by atoms with E-state index in [9.17, 15) is 4.79 Å². The van der Waals surface area contributed by atoms with Gasteiger partial charge in [-0.2, -0.15) is 0 Å². The summed E-state index contributed by atoms with van der Waals surface area (Å²) in [6, 6.07) is 5.52. The van der Waals surface area contributed by atoms with Crippen LogP contribution >= 0.6 is 0 Å². The van der Waals surface area contributed by atoms with Gasteiger partial charge in [-0.05, 0) is 30.7 Å². The Labute approximate surface area is 108 Å². The van der Waals surface area contributed by atoms with Crippen LogP contribution < -0.4 is 11.1 Å². The smallest absolute Gasteiger partial charge is 0.251 e. The molecule has 0 unspecified atom stereocenters. The molecule has 0 saturated heterocycles. The van der Waals surface area contributed by atoms with Gasteiger partial charge in [0, 0.05) is 24.8 Å². The Morgan fingerprint density at radius 3 is 2.89 bits per heavy atom. The maximum atomic E-state index is 11.9. The molecule has 1 aromatic carbocycles. The third-order valence-corrected chi connectivity index (χ3v) is 2.27. The van der Waals surface area contributed by atoms with Crippen molar-refractivity contribution in [2.24, 2.45) is 5.73 Å². The molecule has 1 rings (SSSR count). The lowest BCUT2D eigenvalue weighted by molar-refractivity contribution is 0.0937. The Bertz CT molecular complexity index is 472. The summed E-state index contributed by atoms with van der Waals surface area (Å²) in [6.07, 6.45) is 0. The third-order valence-electron chi connectivity index (χ3n) is 2.27. The average molecular weight is 246 g/mol. The lowest BCUT2D eigenvalue weighted by Crippen LogP contribution is -2.27. The number of hydrogen-bond donors (Lipinski definition) is 2. The Morgan fingerprint density at radius 1 is 1.44 bits per heavy atom. The molecule has 0 aliphatic rings. The highest BCUT2D eigenvalue weighted by Crippen LogP contribution is 2.08. The zero-order valence-corrected chi connectivity index (χ0v) is 10.7. The molecule has 0 aromatic heterocycles. The number of carbonyl (C=O) groups excluding carboxylic acids is 1. The molecule has 0 atom stereocenters. The molecular formula is C14H18N2O2. The SMILES string of the molecule is COCCNC(=O)c1cc(C)cc(C#CCN)c1. The van der Waals surface area contributed by atoms with Crippen LogP contribution in [0.15, 0.2) is 18.2 Å². The highest BCUT2D eigenvalue weighted by molar-refractivity contribution is 5.94. The van der Waals surface area contributed by atoms with Gasteiger partial charge < -0.3 is 15.8 Å². The number of nitrogens with two attached hydrogens (primary N) is 1. The van der Waals surface area contributed by atoms with Crippen LogP contribution in [0.2, 0.25) is 0 Å². The van der Waals surface area contributed by atoms with Crippen molar-refractivity contribution in [3.8, 4) is 11.8 Å². The monoisotopic (exact) mass is 246 g/mol. The van der Waals surface area contributed by atoms with Gasteiger partial charge in [0.2, 0.25) is 0 Å². The van der Waals surface area contributed by atoms with Crippen LogP contribution in [0.4, 0.5) is 0 Å². The van der Waals surface area contributed by atoms with Crippen LogP contribution in [-0.2, 0) is 4.74 Å². The van der Waals surface area contributed by atoms with Crippen molar-refractivity contribution in [1.82, 2.24) is 5.32 Å². The summed E-state index contributed by atoms with van der Waals surface area (Å²) in [7, 11) is 1.60. The van der Waals surface area contributed by atoms with Crippen molar-refractivity contribution in [2.45, 2.75) is 6.92 Å². The molecule has 0 aliphatic carbocycles. The topological polar surface area (TPSA) is 64.3 Å². The molecule has 0 aliphatic heterocycles. The van der Waals surface area contributed by atoms with Crippen molar-refractivity contribution in [3.05, 3.63) is 34.9 Å². The van der Waals surface area contributed by atoms with E-state index in [0.717, 1.165) is 11.1 Å². The minimum atomic E-state index is -0.119. The first-order chi connectivity index (χ1) is 8.67. The average Bonchev–Trinajstić information content (AvgIpc) is 2.36. The summed E-state index contributed by atoms with van der Waals surface area (Å²) < 4.78 is 4.88. The molecule has 1 amide bonds. The molecule has 4 heteroatoms. The van der Waals surface area contributed by atoms with Crippen LogP contribution in [0.25, 0.3) is 0 Å². The highest BCUT2D eigenvalue weighted by Gasteiger charge is 2.06. The van der Waals surface area contributed by atoms with Gasteiger partial charge in [0.1, 0.15) is 0 Å². The number of nitrogens with one attached hydrogen (secondary N) is 1. The number of carbonyl (C=O) groups is 1. The molecule has 0 heterocycles. The number of benzene rings is 1. The van der Waals surface area contributed by atoms with E-state index in [1.165, 1.54) is 0 Å².